The van der Waals surface area contributed by atoms with Crippen molar-refractivity contribution in [3.05, 3.63) is 54.1 Å². The largest absolute Gasteiger partial charge is 0.391 e. The fourth-order valence-corrected chi connectivity index (χ4v) is 2.45. The maximum Gasteiger partial charge on any atom is 0.0949 e. The lowest BCUT2D eigenvalue weighted by Gasteiger charge is -2.30. The lowest BCUT2D eigenvalue weighted by molar-refractivity contribution is 0.104. The third-order valence-corrected chi connectivity index (χ3v) is 3.33. The molecule has 0 unspecified atom stereocenters. The first-order valence-corrected chi connectivity index (χ1v) is 5.57. The van der Waals surface area contributed by atoms with Crippen LogP contribution in [0, 0.1) is 0 Å². The van der Waals surface area contributed by atoms with Crippen molar-refractivity contribution in [2.75, 3.05) is 0 Å². The number of hydrogen-bond acceptors (Lipinski definition) is 2. The summed E-state index contributed by atoms with van der Waals surface area (Å²) < 4.78 is 2.00. The van der Waals surface area contributed by atoms with E-state index in [-0.39, 0.29) is 12.1 Å². The van der Waals surface area contributed by atoms with Gasteiger partial charge in [-0.15, -0.1) is 0 Å². The second-order valence-electron chi connectivity index (χ2n) is 4.32. The summed E-state index contributed by atoms with van der Waals surface area (Å²) in [5.41, 5.74) is 2.61. The molecule has 3 rings (SSSR count). The van der Waals surface area contributed by atoms with E-state index in [2.05, 4.69) is 23.2 Å². The van der Waals surface area contributed by atoms with Crippen LogP contribution in [0.4, 0.5) is 0 Å². The minimum atomic E-state index is -0.316. The van der Waals surface area contributed by atoms with Gasteiger partial charge in [0.15, 0.2) is 0 Å². The molecule has 82 valence electrons. The van der Waals surface area contributed by atoms with Gasteiger partial charge in [0.2, 0.25) is 0 Å². The molecule has 0 aliphatic heterocycles. The highest BCUT2D eigenvalue weighted by atomic mass is 16.3. The quantitative estimate of drug-likeness (QED) is 0.782. The molecule has 0 radical (unpaired) electrons. The van der Waals surface area contributed by atoms with Gasteiger partial charge in [0.25, 0.3) is 0 Å². The van der Waals surface area contributed by atoms with Gasteiger partial charge in [-0.2, -0.15) is 0 Å². The molecule has 0 spiro atoms. The number of imidazole rings is 1. The van der Waals surface area contributed by atoms with E-state index < -0.39 is 0 Å². The van der Waals surface area contributed by atoms with Gasteiger partial charge in [0.05, 0.1) is 18.5 Å². The molecule has 0 bridgehead atoms. The standard InChI is InChI=1S/C13H14N2O/c16-13-8-11-4-2-1-3-10(11)7-12(13)15-6-5-14-9-15/h1-6,9,12-13,16H,7-8H2/t12-,13+/m0/s1. The number of aliphatic hydroxyl groups excluding tert-OH is 1. The van der Waals surface area contributed by atoms with E-state index in [0.29, 0.717) is 0 Å². The Morgan fingerprint density at radius 2 is 1.94 bits per heavy atom. The normalized spacial score (nSPS) is 24.1. The predicted octanol–water partition coefficient (Wildman–Crippen LogP) is 1.58. The second kappa shape index (κ2) is 3.76. The van der Waals surface area contributed by atoms with Crippen LogP contribution >= 0.6 is 0 Å². The van der Waals surface area contributed by atoms with Crippen LogP contribution in [0.25, 0.3) is 0 Å². The number of aliphatic hydroxyl groups is 1. The van der Waals surface area contributed by atoms with Crippen LogP contribution in [0.2, 0.25) is 0 Å². The van der Waals surface area contributed by atoms with Crippen molar-refractivity contribution in [3.8, 4) is 0 Å². The maximum absolute atomic E-state index is 10.1. The van der Waals surface area contributed by atoms with E-state index >= 15 is 0 Å². The van der Waals surface area contributed by atoms with Crippen LogP contribution in [0.15, 0.2) is 43.0 Å². The molecule has 1 heterocycles. The van der Waals surface area contributed by atoms with Crippen molar-refractivity contribution in [1.29, 1.82) is 0 Å². The number of nitrogens with zero attached hydrogens (tertiary/aromatic N) is 2. The van der Waals surface area contributed by atoms with Gasteiger partial charge >= 0.3 is 0 Å². The first kappa shape index (κ1) is 9.60. The zero-order valence-electron chi connectivity index (χ0n) is 8.95. The van der Waals surface area contributed by atoms with Crippen molar-refractivity contribution in [2.45, 2.75) is 25.0 Å². The van der Waals surface area contributed by atoms with Crippen LogP contribution in [-0.4, -0.2) is 20.8 Å². The average Bonchev–Trinajstić information content (AvgIpc) is 2.81. The van der Waals surface area contributed by atoms with Crippen LogP contribution < -0.4 is 0 Å². The monoisotopic (exact) mass is 214 g/mol. The van der Waals surface area contributed by atoms with E-state index in [0.717, 1.165) is 12.8 Å². The van der Waals surface area contributed by atoms with Crippen molar-refractivity contribution in [2.24, 2.45) is 0 Å². The number of benzene rings is 1. The second-order valence-corrected chi connectivity index (χ2v) is 4.32. The molecule has 1 N–H and O–H groups in total. The Labute approximate surface area is 94.4 Å². The Kier molecular flexibility index (Phi) is 2.26. The smallest absolute Gasteiger partial charge is 0.0949 e. The summed E-state index contributed by atoms with van der Waals surface area (Å²) in [5, 5.41) is 10.1. The Bertz CT molecular complexity index is 478. The zero-order chi connectivity index (χ0) is 11.0. The van der Waals surface area contributed by atoms with Gasteiger partial charge in [-0.25, -0.2) is 4.98 Å². The van der Waals surface area contributed by atoms with Gasteiger partial charge in [0, 0.05) is 18.8 Å². The fraction of sp³-hybridized carbons (Fsp3) is 0.308. The van der Waals surface area contributed by atoms with Crippen LogP contribution in [0.5, 0.6) is 0 Å². The molecule has 0 saturated heterocycles. The van der Waals surface area contributed by atoms with E-state index in [9.17, 15) is 5.11 Å². The molecule has 2 atom stereocenters. The number of fused-ring (bicyclic) bond motifs is 1. The summed E-state index contributed by atoms with van der Waals surface area (Å²) >= 11 is 0. The molecule has 3 heteroatoms. The fourth-order valence-electron chi connectivity index (χ4n) is 2.45. The van der Waals surface area contributed by atoms with E-state index in [1.165, 1.54) is 11.1 Å². The SMILES string of the molecule is O[C@@H]1Cc2ccccc2C[C@@H]1n1ccnc1. The first-order valence-electron chi connectivity index (χ1n) is 5.57. The topological polar surface area (TPSA) is 38.0 Å². The molecule has 1 aromatic carbocycles. The molecule has 0 saturated carbocycles. The van der Waals surface area contributed by atoms with E-state index in [4.69, 9.17) is 0 Å². The summed E-state index contributed by atoms with van der Waals surface area (Å²) in [6.07, 6.45) is 6.76. The lowest BCUT2D eigenvalue weighted by atomic mass is 9.86. The molecule has 2 aromatic rings. The van der Waals surface area contributed by atoms with Crippen molar-refractivity contribution < 1.29 is 5.11 Å². The predicted molar refractivity (Wildman–Crippen MR) is 61.1 cm³/mol. The molecule has 0 fully saturated rings. The summed E-state index contributed by atoms with van der Waals surface area (Å²) in [7, 11) is 0. The van der Waals surface area contributed by atoms with Crippen molar-refractivity contribution >= 4 is 0 Å². The lowest BCUT2D eigenvalue weighted by Crippen LogP contribution is -2.31. The molecule has 1 aliphatic carbocycles. The van der Waals surface area contributed by atoms with Gasteiger partial charge in [0.1, 0.15) is 0 Å². The zero-order valence-corrected chi connectivity index (χ0v) is 8.95. The third kappa shape index (κ3) is 1.53. The Balaban J connectivity index is 1.95. The molecule has 0 amide bonds. The Hall–Kier alpha value is -1.61. The first-order chi connectivity index (χ1) is 7.84. The molecule has 16 heavy (non-hydrogen) atoms. The van der Waals surface area contributed by atoms with Gasteiger partial charge in [-0.1, -0.05) is 24.3 Å². The Morgan fingerprint density at radius 3 is 2.62 bits per heavy atom. The number of rotatable bonds is 1. The summed E-state index contributed by atoms with van der Waals surface area (Å²) in [6, 6.07) is 8.45. The minimum Gasteiger partial charge on any atom is -0.391 e. The molecular weight excluding hydrogens is 200 g/mol. The van der Waals surface area contributed by atoms with Gasteiger partial charge < -0.3 is 9.67 Å². The molecule has 1 aliphatic rings. The third-order valence-electron chi connectivity index (χ3n) is 3.33. The summed E-state index contributed by atoms with van der Waals surface area (Å²) in [5.74, 6) is 0. The molecule has 1 aromatic heterocycles. The van der Waals surface area contributed by atoms with Crippen LogP contribution in [0.3, 0.4) is 0 Å². The molecule has 3 nitrogen and oxygen atoms in total. The maximum atomic E-state index is 10.1. The van der Waals surface area contributed by atoms with Crippen molar-refractivity contribution in [3.63, 3.8) is 0 Å². The van der Waals surface area contributed by atoms with Crippen LogP contribution in [-0.2, 0) is 12.8 Å². The van der Waals surface area contributed by atoms with Crippen LogP contribution in [0.1, 0.15) is 17.2 Å². The minimum absolute atomic E-state index is 0.123. The molecular formula is C13H14N2O. The van der Waals surface area contributed by atoms with Crippen molar-refractivity contribution in [1.82, 2.24) is 9.55 Å². The highest BCUT2D eigenvalue weighted by molar-refractivity contribution is 5.31. The summed E-state index contributed by atoms with van der Waals surface area (Å²) in [6.45, 7) is 0. The number of aromatic nitrogens is 2. The number of hydrogen-bond donors (Lipinski definition) is 1. The van der Waals surface area contributed by atoms with E-state index in [1.54, 1.807) is 12.5 Å². The van der Waals surface area contributed by atoms with Gasteiger partial charge in [-0.05, 0) is 17.5 Å². The summed E-state index contributed by atoms with van der Waals surface area (Å²) in [4.78, 5) is 4.04. The average molecular weight is 214 g/mol. The highest BCUT2D eigenvalue weighted by Crippen LogP contribution is 2.28. The van der Waals surface area contributed by atoms with E-state index in [1.807, 2.05) is 16.8 Å². The Morgan fingerprint density at radius 1 is 1.19 bits per heavy atom. The van der Waals surface area contributed by atoms with Gasteiger partial charge in [-0.3, -0.25) is 0 Å². The highest BCUT2D eigenvalue weighted by Gasteiger charge is 2.27.